The topological polar surface area (TPSA) is 21.3 Å². The Hall–Kier alpha value is -1.32. The lowest BCUT2D eigenvalue weighted by atomic mass is 10.1. The van der Waals surface area contributed by atoms with Gasteiger partial charge in [0, 0.05) is 29.0 Å². The molecule has 2 aromatic rings. The van der Waals surface area contributed by atoms with Gasteiger partial charge in [-0.05, 0) is 41.7 Å². The van der Waals surface area contributed by atoms with E-state index in [2.05, 4.69) is 57.6 Å². The Morgan fingerprint density at radius 2 is 1.86 bits per heavy atom. The van der Waals surface area contributed by atoms with E-state index in [9.17, 15) is 0 Å². The molecule has 0 aromatic heterocycles. The van der Waals surface area contributed by atoms with Gasteiger partial charge in [-0.15, -0.1) is 0 Å². The van der Waals surface area contributed by atoms with Gasteiger partial charge in [0.2, 0.25) is 0 Å². The van der Waals surface area contributed by atoms with Gasteiger partial charge in [0.15, 0.2) is 0 Å². The van der Waals surface area contributed by atoms with Gasteiger partial charge in [0.05, 0.1) is 6.61 Å². The fraction of sp³-hybridized carbons (Fsp3) is 0.333. The Balaban J connectivity index is 1.47. The normalized spacial score (nSPS) is 16.6. The van der Waals surface area contributed by atoms with Crippen LogP contribution in [0.5, 0.6) is 5.75 Å². The molecule has 1 aliphatic carbocycles. The number of rotatable bonds is 3. The highest BCUT2D eigenvalue weighted by Crippen LogP contribution is 2.33. The molecule has 0 unspecified atom stereocenters. The molecule has 1 N–H and O–H groups in total. The Labute approximate surface area is 133 Å². The first-order valence-corrected chi connectivity index (χ1v) is 8.33. The van der Waals surface area contributed by atoms with E-state index in [1.807, 2.05) is 0 Å². The third-order valence-corrected chi connectivity index (χ3v) is 4.92. The molecule has 0 atom stereocenters. The van der Waals surface area contributed by atoms with Gasteiger partial charge in [0.1, 0.15) is 5.75 Å². The van der Waals surface area contributed by atoms with Crippen molar-refractivity contribution in [2.45, 2.75) is 31.8 Å². The minimum absolute atomic E-state index is 0.540. The van der Waals surface area contributed by atoms with Crippen molar-refractivity contribution in [1.82, 2.24) is 5.32 Å². The van der Waals surface area contributed by atoms with Crippen molar-refractivity contribution in [1.29, 1.82) is 0 Å². The van der Waals surface area contributed by atoms with Crippen molar-refractivity contribution in [3.8, 4) is 5.75 Å². The van der Waals surface area contributed by atoms with Crippen molar-refractivity contribution >= 4 is 15.9 Å². The second kappa shape index (κ2) is 5.47. The second-order valence-corrected chi connectivity index (χ2v) is 6.82. The average Bonchev–Trinajstić information content (AvgIpc) is 3.10. The van der Waals surface area contributed by atoms with Crippen LogP contribution in [0.2, 0.25) is 0 Å². The summed E-state index contributed by atoms with van der Waals surface area (Å²) in [5, 5.41) is 3.70. The highest BCUT2D eigenvalue weighted by Gasteiger charge is 2.22. The number of benzene rings is 2. The van der Waals surface area contributed by atoms with Crippen LogP contribution in [-0.4, -0.2) is 12.6 Å². The summed E-state index contributed by atoms with van der Waals surface area (Å²) in [5.74, 6) is 1.10. The van der Waals surface area contributed by atoms with Crippen molar-refractivity contribution in [2.75, 3.05) is 6.61 Å². The lowest BCUT2D eigenvalue weighted by Crippen LogP contribution is -2.29. The molecule has 4 rings (SSSR count). The predicted octanol–water partition coefficient (Wildman–Crippen LogP) is 3.64. The van der Waals surface area contributed by atoms with Crippen LogP contribution in [-0.2, 0) is 25.8 Å². The lowest BCUT2D eigenvalue weighted by Gasteiger charge is -2.14. The molecule has 1 aliphatic heterocycles. The van der Waals surface area contributed by atoms with Gasteiger partial charge >= 0.3 is 0 Å². The summed E-state index contributed by atoms with van der Waals surface area (Å²) >= 11 is 3.61. The molecule has 2 aromatic carbocycles. The van der Waals surface area contributed by atoms with Crippen LogP contribution in [0.3, 0.4) is 0 Å². The number of fused-ring (bicyclic) bond motifs is 2. The Bertz CT molecular complexity index is 658. The fourth-order valence-electron chi connectivity index (χ4n) is 3.43. The quantitative estimate of drug-likeness (QED) is 0.918. The molecule has 0 spiro atoms. The molecular weight excluding hydrogens is 326 g/mol. The SMILES string of the molecule is Brc1cc2c(c(CNC3Cc4ccccc4C3)c1)OCC2. The first-order valence-electron chi connectivity index (χ1n) is 7.54. The largest absolute Gasteiger partial charge is 0.493 e. The zero-order chi connectivity index (χ0) is 14.2. The molecule has 0 bridgehead atoms. The van der Waals surface area contributed by atoms with E-state index < -0.39 is 0 Å². The average molecular weight is 344 g/mol. The maximum absolute atomic E-state index is 5.80. The molecule has 0 amide bonds. The first-order chi connectivity index (χ1) is 10.3. The van der Waals surface area contributed by atoms with Crippen LogP contribution < -0.4 is 10.1 Å². The van der Waals surface area contributed by atoms with Crippen molar-refractivity contribution in [3.63, 3.8) is 0 Å². The molecule has 21 heavy (non-hydrogen) atoms. The van der Waals surface area contributed by atoms with Crippen molar-refractivity contribution in [2.24, 2.45) is 0 Å². The van der Waals surface area contributed by atoms with Gasteiger partial charge in [-0.25, -0.2) is 0 Å². The second-order valence-electron chi connectivity index (χ2n) is 5.91. The number of ether oxygens (including phenoxy) is 1. The maximum atomic E-state index is 5.80. The molecule has 2 nitrogen and oxygen atoms in total. The molecule has 0 fully saturated rings. The molecule has 2 aliphatic rings. The zero-order valence-electron chi connectivity index (χ0n) is 11.9. The van der Waals surface area contributed by atoms with Crippen LogP contribution in [0.1, 0.15) is 22.3 Å². The predicted molar refractivity (Wildman–Crippen MR) is 87.8 cm³/mol. The smallest absolute Gasteiger partial charge is 0.127 e. The summed E-state index contributed by atoms with van der Waals surface area (Å²) in [4.78, 5) is 0. The Kier molecular flexibility index (Phi) is 3.48. The number of hydrogen-bond donors (Lipinski definition) is 1. The van der Waals surface area contributed by atoms with Crippen molar-refractivity contribution in [3.05, 3.63) is 63.1 Å². The molecule has 0 saturated carbocycles. The van der Waals surface area contributed by atoms with E-state index in [0.717, 1.165) is 42.6 Å². The summed E-state index contributed by atoms with van der Waals surface area (Å²) in [6.45, 7) is 1.69. The minimum atomic E-state index is 0.540. The number of halogens is 1. The Morgan fingerprint density at radius 3 is 2.62 bits per heavy atom. The number of hydrogen-bond acceptors (Lipinski definition) is 2. The van der Waals surface area contributed by atoms with Crippen LogP contribution in [0.15, 0.2) is 40.9 Å². The molecule has 3 heteroatoms. The summed E-state index contributed by atoms with van der Waals surface area (Å²) in [5.41, 5.74) is 5.58. The third kappa shape index (κ3) is 2.60. The van der Waals surface area contributed by atoms with Gasteiger partial charge < -0.3 is 10.1 Å². The summed E-state index contributed by atoms with van der Waals surface area (Å²) in [6, 6.07) is 13.7. The molecule has 0 radical (unpaired) electrons. The maximum Gasteiger partial charge on any atom is 0.127 e. The van der Waals surface area contributed by atoms with E-state index in [-0.39, 0.29) is 0 Å². The highest BCUT2D eigenvalue weighted by atomic mass is 79.9. The van der Waals surface area contributed by atoms with Crippen LogP contribution in [0, 0.1) is 0 Å². The zero-order valence-corrected chi connectivity index (χ0v) is 13.4. The fourth-order valence-corrected chi connectivity index (χ4v) is 3.99. The standard InChI is InChI=1S/C18H18BrNO/c19-16-7-14-5-6-21-18(14)15(8-16)11-20-17-9-12-3-1-2-4-13(12)10-17/h1-4,7-8,17,20H,5-6,9-11H2. The third-order valence-electron chi connectivity index (χ3n) is 4.46. The van der Waals surface area contributed by atoms with Crippen molar-refractivity contribution < 1.29 is 4.74 Å². The Morgan fingerprint density at radius 1 is 1.10 bits per heavy atom. The monoisotopic (exact) mass is 343 g/mol. The summed E-state index contributed by atoms with van der Waals surface area (Å²) in [6.07, 6.45) is 3.29. The van der Waals surface area contributed by atoms with E-state index in [4.69, 9.17) is 4.74 Å². The molecule has 108 valence electrons. The molecule has 0 saturated heterocycles. The van der Waals surface area contributed by atoms with E-state index in [1.165, 1.54) is 22.3 Å². The summed E-state index contributed by atoms with van der Waals surface area (Å²) in [7, 11) is 0. The van der Waals surface area contributed by atoms with E-state index in [0.29, 0.717) is 6.04 Å². The van der Waals surface area contributed by atoms with Gasteiger partial charge in [-0.1, -0.05) is 40.2 Å². The molecular formula is C18H18BrNO. The highest BCUT2D eigenvalue weighted by molar-refractivity contribution is 9.10. The lowest BCUT2D eigenvalue weighted by molar-refractivity contribution is 0.351. The molecule has 1 heterocycles. The van der Waals surface area contributed by atoms with Gasteiger partial charge in [0.25, 0.3) is 0 Å². The van der Waals surface area contributed by atoms with Gasteiger partial charge in [-0.2, -0.15) is 0 Å². The van der Waals surface area contributed by atoms with Crippen LogP contribution >= 0.6 is 15.9 Å². The van der Waals surface area contributed by atoms with Crippen LogP contribution in [0.25, 0.3) is 0 Å². The van der Waals surface area contributed by atoms with E-state index >= 15 is 0 Å². The first kappa shape index (κ1) is 13.4. The summed E-state index contributed by atoms with van der Waals surface area (Å²) < 4.78 is 6.95. The van der Waals surface area contributed by atoms with Gasteiger partial charge in [-0.3, -0.25) is 0 Å². The minimum Gasteiger partial charge on any atom is -0.493 e. The van der Waals surface area contributed by atoms with Crippen LogP contribution in [0.4, 0.5) is 0 Å². The van der Waals surface area contributed by atoms with E-state index in [1.54, 1.807) is 0 Å². The number of nitrogens with one attached hydrogen (secondary N) is 1.